The van der Waals surface area contributed by atoms with Gasteiger partial charge in [-0.3, -0.25) is 0 Å². The van der Waals surface area contributed by atoms with Crippen molar-refractivity contribution >= 4 is 109 Å². The van der Waals surface area contributed by atoms with Crippen molar-refractivity contribution in [3.05, 3.63) is 267 Å². The van der Waals surface area contributed by atoms with E-state index in [1.807, 2.05) is 22.7 Å². The lowest BCUT2D eigenvalue weighted by atomic mass is 9.91. The Morgan fingerprint density at radius 3 is 0.944 bits per heavy atom. The standard InChI is InChI=1S/C68H44N2S2/c1-7-19-45(20-8-1)65-57-39-35-53(43-61(57)71-67(65)49-23-11-3-12-24-49)69(51-27-15-5-16-28-51)59-41-33-47-32-38-56-60(42-34-48-31-37-55(59)63(47)64(48)56)70(52-29-17-6-18-30-52)54-36-40-58-62(44-54)72-68(50-25-13-4-14-26-50)66(58)46-21-9-2-10-22-46/h1-44H. The van der Waals surface area contributed by atoms with Crippen molar-refractivity contribution in [2.75, 3.05) is 9.80 Å². The van der Waals surface area contributed by atoms with E-state index in [1.165, 1.54) is 95.6 Å². The zero-order valence-electron chi connectivity index (χ0n) is 39.1. The lowest BCUT2D eigenvalue weighted by Gasteiger charge is -2.29. The molecule has 0 saturated heterocycles. The van der Waals surface area contributed by atoms with Gasteiger partial charge in [-0.25, -0.2) is 0 Å². The lowest BCUT2D eigenvalue weighted by molar-refractivity contribution is 1.30. The smallest absolute Gasteiger partial charge is 0.0540 e. The first-order valence-electron chi connectivity index (χ1n) is 24.5. The summed E-state index contributed by atoms with van der Waals surface area (Å²) in [5.74, 6) is 0. The summed E-state index contributed by atoms with van der Waals surface area (Å²) in [6.07, 6.45) is 0. The van der Waals surface area contributed by atoms with Crippen LogP contribution in [0.3, 0.4) is 0 Å². The first-order chi connectivity index (χ1) is 35.7. The molecule has 2 nitrogen and oxygen atoms in total. The molecule has 0 aliphatic heterocycles. The van der Waals surface area contributed by atoms with E-state index in [0.717, 1.165) is 34.1 Å². The molecule has 2 aromatic heterocycles. The molecule has 0 atom stereocenters. The molecule has 4 heteroatoms. The van der Waals surface area contributed by atoms with E-state index in [4.69, 9.17) is 0 Å². The molecule has 0 radical (unpaired) electrons. The number of para-hydroxylation sites is 2. The van der Waals surface area contributed by atoms with Gasteiger partial charge in [-0.15, -0.1) is 22.7 Å². The van der Waals surface area contributed by atoms with Crippen LogP contribution >= 0.6 is 22.7 Å². The summed E-state index contributed by atoms with van der Waals surface area (Å²) in [4.78, 5) is 7.48. The van der Waals surface area contributed by atoms with Gasteiger partial charge in [-0.1, -0.05) is 206 Å². The second kappa shape index (κ2) is 17.6. The number of anilines is 6. The molecule has 72 heavy (non-hydrogen) atoms. The molecule has 0 unspecified atom stereocenters. The van der Waals surface area contributed by atoms with Crippen LogP contribution in [-0.2, 0) is 0 Å². The minimum absolute atomic E-state index is 1.11. The van der Waals surface area contributed by atoms with Crippen LogP contribution in [-0.4, -0.2) is 0 Å². The number of rotatable bonds is 10. The second-order valence-corrected chi connectivity index (χ2v) is 20.5. The molecule has 338 valence electrons. The highest BCUT2D eigenvalue weighted by Gasteiger charge is 2.25. The molecule has 0 saturated carbocycles. The third-order valence-electron chi connectivity index (χ3n) is 14.2. The summed E-state index contributed by atoms with van der Waals surface area (Å²) in [5, 5.41) is 9.92. The Balaban J connectivity index is 0.953. The predicted molar refractivity (Wildman–Crippen MR) is 312 cm³/mol. The van der Waals surface area contributed by atoms with E-state index in [1.54, 1.807) is 0 Å². The van der Waals surface area contributed by atoms with Gasteiger partial charge < -0.3 is 9.80 Å². The van der Waals surface area contributed by atoms with Gasteiger partial charge in [0.05, 0.1) is 11.4 Å². The van der Waals surface area contributed by atoms with Crippen LogP contribution < -0.4 is 9.80 Å². The fraction of sp³-hybridized carbons (Fsp3) is 0. The van der Waals surface area contributed by atoms with Crippen molar-refractivity contribution in [1.29, 1.82) is 0 Å². The summed E-state index contributed by atoms with van der Waals surface area (Å²) in [6, 6.07) is 97.8. The first-order valence-corrected chi connectivity index (χ1v) is 26.1. The van der Waals surface area contributed by atoms with Crippen molar-refractivity contribution < 1.29 is 0 Å². The minimum Gasteiger partial charge on any atom is -0.310 e. The summed E-state index contributed by atoms with van der Waals surface area (Å²) in [5.41, 5.74) is 14.2. The Hall–Kier alpha value is -8.80. The zero-order chi connectivity index (χ0) is 47.5. The third kappa shape index (κ3) is 7.06. The Kier molecular flexibility index (Phi) is 10.3. The molecule has 14 aromatic rings. The van der Waals surface area contributed by atoms with E-state index in [0.29, 0.717) is 0 Å². The molecule has 0 aliphatic carbocycles. The second-order valence-electron chi connectivity index (χ2n) is 18.4. The fourth-order valence-electron chi connectivity index (χ4n) is 11.0. The van der Waals surface area contributed by atoms with Gasteiger partial charge in [0.1, 0.15) is 0 Å². The number of benzene rings is 12. The van der Waals surface area contributed by atoms with Crippen molar-refractivity contribution in [2.24, 2.45) is 0 Å². The normalized spacial score (nSPS) is 11.6. The molecule has 12 aromatic carbocycles. The van der Waals surface area contributed by atoms with Crippen molar-refractivity contribution in [3.8, 4) is 43.1 Å². The number of fused-ring (bicyclic) bond motifs is 2. The topological polar surface area (TPSA) is 6.48 Å². The van der Waals surface area contributed by atoms with E-state index in [-0.39, 0.29) is 0 Å². The van der Waals surface area contributed by atoms with Gasteiger partial charge in [0.2, 0.25) is 0 Å². The largest absolute Gasteiger partial charge is 0.310 e. The van der Waals surface area contributed by atoms with Crippen LogP contribution in [0.5, 0.6) is 0 Å². The van der Waals surface area contributed by atoms with E-state index >= 15 is 0 Å². The number of thiophene rings is 2. The average molecular weight is 953 g/mol. The molecule has 0 amide bonds. The highest BCUT2D eigenvalue weighted by atomic mass is 32.1. The Morgan fingerprint density at radius 1 is 0.250 bits per heavy atom. The van der Waals surface area contributed by atoms with E-state index in [2.05, 4.69) is 277 Å². The first kappa shape index (κ1) is 42.1. The monoisotopic (exact) mass is 952 g/mol. The Labute approximate surface area is 426 Å². The number of hydrogen-bond donors (Lipinski definition) is 0. The number of hydrogen-bond acceptors (Lipinski definition) is 4. The van der Waals surface area contributed by atoms with Gasteiger partial charge in [-0.2, -0.15) is 0 Å². The predicted octanol–water partition coefficient (Wildman–Crippen LogP) is 20.6. The van der Waals surface area contributed by atoms with Crippen LogP contribution in [0, 0.1) is 0 Å². The molecule has 0 aliphatic rings. The van der Waals surface area contributed by atoms with Crippen LogP contribution in [0.15, 0.2) is 267 Å². The summed E-state index contributed by atoms with van der Waals surface area (Å²) < 4.78 is 2.51. The maximum Gasteiger partial charge on any atom is 0.0540 e. The zero-order valence-corrected chi connectivity index (χ0v) is 40.7. The average Bonchev–Trinajstić information content (AvgIpc) is 4.04. The van der Waals surface area contributed by atoms with Gasteiger partial charge >= 0.3 is 0 Å². The summed E-state index contributed by atoms with van der Waals surface area (Å²) in [6.45, 7) is 0. The summed E-state index contributed by atoms with van der Waals surface area (Å²) >= 11 is 3.75. The van der Waals surface area contributed by atoms with Gasteiger partial charge in [0.15, 0.2) is 0 Å². The molecule has 2 heterocycles. The number of nitrogens with zero attached hydrogens (tertiary/aromatic N) is 2. The SMILES string of the molecule is c1ccc(-c2sc3cc(N(c4ccccc4)c4ccc5ccc6c(N(c7ccccc7)c7ccc8c(-c9ccccc9)c(-c9ccccc9)sc8c7)ccc7ccc4c5c76)ccc3c2-c2ccccc2)cc1. The van der Waals surface area contributed by atoms with Gasteiger partial charge in [0.25, 0.3) is 0 Å². The molecule has 0 N–H and O–H groups in total. The fourth-order valence-corrected chi connectivity index (χ4v) is 13.5. The van der Waals surface area contributed by atoms with Crippen LogP contribution in [0.1, 0.15) is 0 Å². The lowest BCUT2D eigenvalue weighted by Crippen LogP contribution is -2.11. The minimum atomic E-state index is 1.11. The van der Waals surface area contributed by atoms with Crippen molar-refractivity contribution in [3.63, 3.8) is 0 Å². The Bertz CT molecular complexity index is 3970. The maximum absolute atomic E-state index is 2.45. The van der Waals surface area contributed by atoms with Gasteiger partial charge in [0, 0.05) is 74.6 Å². The van der Waals surface area contributed by atoms with Crippen LogP contribution in [0.2, 0.25) is 0 Å². The molecule has 0 spiro atoms. The van der Waals surface area contributed by atoms with Gasteiger partial charge in [-0.05, 0) is 104 Å². The quantitative estimate of drug-likeness (QED) is 0.126. The van der Waals surface area contributed by atoms with Crippen molar-refractivity contribution in [2.45, 2.75) is 0 Å². The highest BCUT2D eigenvalue weighted by molar-refractivity contribution is 7.23. The molecule has 14 rings (SSSR count). The molecular formula is C68H44N2S2. The van der Waals surface area contributed by atoms with Crippen LogP contribution in [0.25, 0.3) is 95.6 Å². The molecule has 0 bridgehead atoms. The maximum atomic E-state index is 2.45. The van der Waals surface area contributed by atoms with E-state index in [9.17, 15) is 0 Å². The molecule has 0 fully saturated rings. The van der Waals surface area contributed by atoms with Crippen molar-refractivity contribution in [1.82, 2.24) is 0 Å². The highest BCUT2D eigenvalue weighted by Crippen LogP contribution is 2.52. The van der Waals surface area contributed by atoms with Crippen LogP contribution in [0.4, 0.5) is 34.1 Å². The summed E-state index contributed by atoms with van der Waals surface area (Å²) in [7, 11) is 0. The third-order valence-corrected chi connectivity index (χ3v) is 16.6. The molecular weight excluding hydrogens is 909 g/mol. The Morgan fingerprint density at radius 2 is 0.569 bits per heavy atom. The van der Waals surface area contributed by atoms with E-state index < -0.39 is 0 Å².